The Morgan fingerprint density at radius 2 is 1.29 bits per heavy atom. The molecule has 0 saturated carbocycles. The maximum absolute atomic E-state index is 5.87. The highest BCUT2D eigenvalue weighted by Gasteiger charge is 2.04. The summed E-state index contributed by atoms with van der Waals surface area (Å²) in [5.41, 5.74) is 0.989. The number of ether oxygens (including phenoxy) is 2. The molecule has 172 valence electrons. The maximum Gasteiger partial charge on any atom is 0.159 e. The number of hydrogen-bond donors (Lipinski definition) is 0. The summed E-state index contributed by atoms with van der Waals surface area (Å²) in [7, 11) is 0. The number of hydrogen-bond acceptors (Lipinski definition) is 4. The van der Waals surface area contributed by atoms with Gasteiger partial charge in [0.2, 0.25) is 0 Å². The van der Waals surface area contributed by atoms with Crippen molar-refractivity contribution >= 4 is 0 Å². The molecule has 1 heterocycles. The largest absolute Gasteiger partial charge is 0.494 e. The van der Waals surface area contributed by atoms with Crippen LogP contribution in [0.3, 0.4) is 0 Å². The zero-order valence-corrected chi connectivity index (χ0v) is 19.9. The van der Waals surface area contributed by atoms with Crippen LogP contribution in [0, 0.1) is 5.92 Å². The number of benzene rings is 1. The van der Waals surface area contributed by atoms with Crippen LogP contribution in [0.25, 0.3) is 11.4 Å². The van der Waals surface area contributed by atoms with Crippen LogP contribution < -0.4 is 9.47 Å². The first-order valence-electron chi connectivity index (χ1n) is 12.4. The monoisotopic (exact) mass is 426 g/mol. The number of rotatable bonds is 17. The van der Waals surface area contributed by atoms with E-state index < -0.39 is 0 Å². The Bertz CT molecular complexity index is 685. The fourth-order valence-electron chi connectivity index (χ4n) is 3.48. The quantitative estimate of drug-likeness (QED) is 0.241. The maximum atomic E-state index is 5.87. The van der Waals surface area contributed by atoms with Gasteiger partial charge in [-0.2, -0.15) is 0 Å². The lowest BCUT2D eigenvalue weighted by atomic mass is 10.0. The van der Waals surface area contributed by atoms with Crippen LogP contribution >= 0.6 is 0 Å². The van der Waals surface area contributed by atoms with Crippen LogP contribution in [0.4, 0.5) is 0 Å². The van der Waals surface area contributed by atoms with E-state index in [1.807, 2.05) is 24.3 Å². The van der Waals surface area contributed by atoms with Crippen molar-refractivity contribution < 1.29 is 9.47 Å². The van der Waals surface area contributed by atoms with Crippen molar-refractivity contribution in [3.8, 4) is 22.9 Å². The number of nitrogens with zero attached hydrogens (tertiary/aromatic N) is 2. The molecule has 0 radical (unpaired) electrons. The molecule has 1 atom stereocenters. The van der Waals surface area contributed by atoms with E-state index in [-0.39, 0.29) is 0 Å². The summed E-state index contributed by atoms with van der Waals surface area (Å²) in [4.78, 5) is 8.92. The Morgan fingerprint density at radius 3 is 1.94 bits per heavy atom. The van der Waals surface area contributed by atoms with Gasteiger partial charge in [0.1, 0.15) is 5.75 Å². The summed E-state index contributed by atoms with van der Waals surface area (Å²) < 4.78 is 11.6. The molecule has 0 saturated heterocycles. The molecule has 0 N–H and O–H groups in total. The lowest BCUT2D eigenvalue weighted by Crippen LogP contribution is -2.00. The van der Waals surface area contributed by atoms with E-state index in [0.717, 1.165) is 49.0 Å². The van der Waals surface area contributed by atoms with Crippen molar-refractivity contribution in [2.75, 3.05) is 13.2 Å². The summed E-state index contributed by atoms with van der Waals surface area (Å²) >= 11 is 0. The number of unbranched alkanes of at least 4 members (excludes halogenated alkanes) is 7. The standard InChI is InChI=1S/C27H42N2O2/c1-4-6-7-8-9-10-12-19-30-25-17-15-24(16-18-25)27-28-21-26(22-29-27)31-20-13-11-14-23(3)5-2/h15-18,21-23H,4-14,19-20H2,1-3H3. The molecular weight excluding hydrogens is 384 g/mol. The Hall–Kier alpha value is -2.10. The average molecular weight is 427 g/mol. The Kier molecular flexibility index (Phi) is 12.7. The van der Waals surface area contributed by atoms with Gasteiger partial charge in [0, 0.05) is 5.56 Å². The molecule has 31 heavy (non-hydrogen) atoms. The zero-order chi connectivity index (χ0) is 22.2. The second kappa shape index (κ2) is 15.7. The summed E-state index contributed by atoms with van der Waals surface area (Å²) in [6, 6.07) is 8.04. The van der Waals surface area contributed by atoms with Crippen LogP contribution in [0.15, 0.2) is 36.7 Å². The van der Waals surface area contributed by atoms with E-state index in [0.29, 0.717) is 5.82 Å². The molecule has 1 aromatic heterocycles. The minimum atomic E-state index is 0.711. The van der Waals surface area contributed by atoms with Gasteiger partial charge in [0.15, 0.2) is 11.6 Å². The van der Waals surface area contributed by atoms with Gasteiger partial charge in [-0.3, -0.25) is 0 Å². The average Bonchev–Trinajstić information content (AvgIpc) is 2.81. The molecule has 4 nitrogen and oxygen atoms in total. The highest BCUT2D eigenvalue weighted by molar-refractivity contribution is 5.56. The van der Waals surface area contributed by atoms with Gasteiger partial charge in [-0.1, -0.05) is 72.1 Å². The Morgan fingerprint density at radius 1 is 0.710 bits per heavy atom. The molecule has 4 heteroatoms. The molecule has 0 amide bonds. The summed E-state index contributed by atoms with van der Waals surface area (Å²) in [5, 5.41) is 0. The minimum absolute atomic E-state index is 0.711. The Labute approximate surface area is 189 Å². The van der Waals surface area contributed by atoms with E-state index in [4.69, 9.17) is 9.47 Å². The van der Waals surface area contributed by atoms with Gasteiger partial charge in [-0.05, 0) is 49.4 Å². The molecule has 0 bridgehead atoms. The molecule has 0 fully saturated rings. The van der Waals surface area contributed by atoms with Crippen molar-refractivity contribution in [3.63, 3.8) is 0 Å². The first-order valence-corrected chi connectivity index (χ1v) is 12.4. The second-order valence-corrected chi connectivity index (χ2v) is 8.59. The van der Waals surface area contributed by atoms with Crippen LogP contribution in [0.1, 0.15) is 91.4 Å². The molecule has 0 aliphatic heterocycles. The first-order chi connectivity index (χ1) is 15.2. The molecule has 0 spiro atoms. The van der Waals surface area contributed by atoms with Gasteiger partial charge in [-0.15, -0.1) is 0 Å². The third-order valence-corrected chi connectivity index (χ3v) is 5.81. The molecule has 2 rings (SSSR count). The van der Waals surface area contributed by atoms with Crippen LogP contribution in [-0.2, 0) is 0 Å². The van der Waals surface area contributed by atoms with Crippen molar-refractivity contribution in [1.29, 1.82) is 0 Å². The first kappa shape index (κ1) is 25.2. The zero-order valence-electron chi connectivity index (χ0n) is 19.9. The smallest absolute Gasteiger partial charge is 0.159 e. The predicted octanol–water partition coefficient (Wildman–Crippen LogP) is 7.87. The van der Waals surface area contributed by atoms with Crippen molar-refractivity contribution in [2.45, 2.75) is 91.4 Å². The van der Waals surface area contributed by atoms with Crippen LogP contribution in [0.2, 0.25) is 0 Å². The van der Waals surface area contributed by atoms with E-state index in [1.165, 1.54) is 57.8 Å². The highest BCUT2D eigenvalue weighted by atomic mass is 16.5. The van der Waals surface area contributed by atoms with Gasteiger partial charge in [0.25, 0.3) is 0 Å². The van der Waals surface area contributed by atoms with Crippen LogP contribution in [-0.4, -0.2) is 23.2 Å². The molecule has 1 aromatic carbocycles. The minimum Gasteiger partial charge on any atom is -0.494 e. The third kappa shape index (κ3) is 10.7. The number of aromatic nitrogens is 2. The van der Waals surface area contributed by atoms with E-state index in [1.54, 1.807) is 12.4 Å². The molecule has 1 unspecified atom stereocenters. The van der Waals surface area contributed by atoms with Crippen molar-refractivity contribution in [3.05, 3.63) is 36.7 Å². The second-order valence-electron chi connectivity index (χ2n) is 8.59. The summed E-state index contributed by atoms with van der Waals surface area (Å²) in [6.07, 6.45) is 17.4. The van der Waals surface area contributed by atoms with Crippen molar-refractivity contribution in [2.24, 2.45) is 5.92 Å². The van der Waals surface area contributed by atoms with E-state index in [9.17, 15) is 0 Å². The predicted molar refractivity (Wildman–Crippen MR) is 130 cm³/mol. The SMILES string of the molecule is CCCCCCCCCOc1ccc(-c2ncc(OCCCCC(C)CC)cn2)cc1. The van der Waals surface area contributed by atoms with Gasteiger partial charge < -0.3 is 9.47 Å². The van der Waals surface area contributed by atoms with Gasteiger partial charge in [0.05, 0.1) is 25.6 Å². The lowest BCUT2D eigenvalue weighted by Gasteiger charge is -2.09. The highest BCUT2D eigenvalue weighted by Crippen LogP contribution is 2.21. The fourth-order valence-corrected chi connectivity index (χ4v) is 3.48. The lowest BCUT2D eigenvalue weighted by molar-refractivity contribution is 0.297. The molecular formula is C27H42N2O2. The van der Waals surface area contributed by atoms with E-state index in [2.05, 4.69) is 30.7 Å². The molecule has 0 aliphatic carbocycles. The van der Waals surface area contributed by atoms with Crippen molar-refractivity contribution in [1.82, 2.24) is 9.97 Å². The normalized spacial score (nSPS) is 12.0. The third-order valence-electron chi connectivity index (χ3n) is 5.81. The summed E-state index contributed by atoms with van der Waals surface area (Å²) in [5.74, 6) is 3.16. The molecule has 0 aliphatic rings. The molecule has 2 aromatic rings. The van der Waals surface area contributed by atoms with Gasteiger partial charge in [-0.25, -0.2) is 9.97 Å². The van der Waals surface area contributed by atoms with E-state index >= 15 is 0 Å². The summed E-state index contributed by atoms with van der Waals surface area (Å²) in [6.45, 7) is 8.32. The van der Waals surface area contributed by atoms with Crippen LogP contribution in [0.5, 0.6) is 11.5 Å². The van der Waals surface area contributed by atoms with Gasteiger partial charge >= 0.3 is 0 Å². The fraction of sp³-hybridized carbons (Fsp3) is 0.630. The topological polar surface area (TPSA) is 44.2 Å². The Balaban J connectivity index is 1.65.